The van der Waals surface area contributed by atoms with Gasteiger partial charge < -0.3 is 19.7 Å². The van der Waals surface area contributed by atoms with Gasteiger partial charge in [0.05, 0.1) is 11.9 Å². The van der Waals surface area contributed by atoms with Crippen molar-refractivity contribution in [1.82, 2.24) is 10.2 Å². The number of amides is 2. The van der Waals surface area contributed by atoms with Gasteiger partial charge in [-0.25, -0.2) is 8.42 Å². The Morgan fingerprint density at radius 2 is 1.80 bits per heavy atom. The number of ether oxygens (including phenoxy) is 2. The molecule has 0 aromatic heterocycles. The van der Waals surface area contributed by atoms with Gasteiger partial charge in [0, 0.05) is 18.7 Å². The van der Waals surface area contributed by atoms with Gasteiger partial charge in [-0.3, -0.25) is 13.9 Å². The van der Waals surface area contributed by atoms with Crippen LogP contribution in [0.15, 0.2) is 42.5 Å². The van der Waals surface area contributed by atoms with Gasteiger partial charge in [0.2, 0.25) is 28.6 Å². The molecule has 0 saturated heterocycles. The fourth-order valence-electron chi connectivity index (χ4n) is 3.96. The van der Waals surface area contributed by atoms with Crippen LogP contribution in [0.5, 0.6) is 11.5 Å². The summed E-state index contributed by atoms with van der Waals surface area (Å²) in [6, 6.07) is 11.5. The second-order valence-electron chi connectivity index (χ2n) is 8.91. The number of hydrogen-bond donors (Lipinski definition) is 1. The number of nitrogens with zero attached hydrogens (tertiary/aromatic N) is 2. The van der Waals surface area contributed by atoms with Crippen molar-refractivity contribution >= 4 is 27.5 Å². The van der Waals surface area contributed by atoms with Gasteiger partial charge in [-0.05, 0) is 44.9 Å². The molecule has 2 aromatic rings. The molecular formula is C25H33N3O6S. The molecule has 9 nitrogen and oxygen atoms in total. The molecule has 1 N–H and O–H groups in total. The van der Waals surface area contributed by atoms with Gasteiger partial charge in [0.15, 0.2) is 11.5 Å². The molecule has 1 aliphatic rings. The summed E-state index contributed by atoms with van der Waals surface area (Å²) < 4.78 is 37.1. The molecule has 0 spiro atoms. The van der Waals surface area contributed by atoms with Crippen molar-refractivity contribution in [3.63, 3.8) is 0 Å². The predicted octanol–water partition coefficient (Wildman–Crippen LogP) is 2.82. The fraction of sp³-hybridized carbons (Fsp3) is 0.440. The maximum Gasteiger partial charge on any atom is 0.244 e. The van der Waals surface area contributed by atoms with Crippen LogP contribution < -0.4 is 19.1 Å². The molecule has 1 aliphatic heterocycles. The quantitative estimate of drug-likeness (QED) is 0.535. The molecule has 3 rings (SSSR count). The number of rotatable bonds is 10. The Balaban J connectivity index is 1.95. The Morgan fingerprint density at radius 1 is 1.09 bits per heavy atom. The van der Waals surface area contributed by atoms with E-state index in [1.165, 1.54) is 11.0 Å². The van der Waals surface area contributed by atoms with Crippen LogP contribution in [0, 0.1) is 6.92 Å². The molecular weight excluding hydrogens is 470 g/mol. The minimum absolute atomic E-state index is 0.0456. The van der Waals surface area contributed by atoms with Gasteiger partial charge in [-0.15, -0.1) is 0 Å². The third-order valence-corrected chi connectivity index (χ3v) is 6.72. The van der Waals surface area contributed by atoms with E-state index in [1.54, 1.807) is 12.1 Å². The summed E-state index contributed by atoms with van der Waals surface area (Å²) in [7, 11) is -3.83. The first-order chi connectivity index (χ1) is 16.5. The number of benzene rings is 2. The lowest BCUT2D eigenvalue weighted by molar-refractivity contribution is -0.140. The average Bonchev–Trinajstić information content (AvgIpc) is 3.23. The SMILES string of the molecule is CCC(C(=O)NC(C)C)N(Cc1cccc(C)c1)C(=O)CN(c1ccc2c(c1)OCO2)S(C)(=O)=O. The Bertz CT molecular complexity index is 1180. The maximum atomic E-state index is 13.7. The van der Waals surface area contributed by atoms with E-state index < -0.39 is 28.5 Å². The fourth-order valence-corrected chi connectivity index (χ4v) is 4.80. The van der Waals surface area contributed by atoms with Gasteiger partial charge in [-0.2, -0.15) is 0 Å². The zero-order valence-electron chi connectivity index (χ0n) is 20.8. The zero-order valence-corrected chi connectivity index (χ0v) is 21.6. The molecule has 10 heteroatoms. The molecule has 1 heterocycles. The van der Waals surface area contributed by atoms with E-state index in [9.17, 15) is 18.0 Å². The van der Waals surface area contributed by atoms with E-state index in [4.69, 9.17) is 9.47 Å². The average molecular weight is 504 g/mol. The molecule has 2 aromatic carbocycles. The van der Waals surface area contributed by atoms with Gasteiger partial charge in [-0.1, -0.05) is 36.8 Å². The van der Waals surface area contributed by atoms with Gasteiger partial charge >= 0.3 is 0 Å². The first-order valence-electron chi connectivity index (χ1n) is 11.5. The summed E-state index contributed by atoms with van der Waals surface area (Å²) in [4.78, 5) is 28.1. The Kier molecular flexibility index (Phi) is 8.26. The number of nitrogens with one attached hydrogen (secondary N) is 1. The lowest BCUT2D eigenvalue weighted by Gasteiger charge is -2.33. The molecule has 0 fully saturated rings. The minimum Gasteiger partial charge on any atom is -0.454 e. The van der Waals surface area contributed by atoms with E-state index in [0.29, 0.717) is 17.9 Å². The van der Waals surface area contributed by atoms with Crippen molar-refractivity contribution in [1.29, 1.82) is 0 Å². The van der Waals surface area contributed by atoms with Crippen molar-refractivity contribution in [3.05, 3.63) is 53.6 Å². The molecule has 0 saturated carbocycles. The topological polar surface area (TPSA) is 105 Å². The first kappa shape index (κ1) is 26.3. The molecule has 0 aliphatic carbocycles. The van der Waals surface area contributed by atoms with E-state index in [2.05, 4.69) is 5.32 Å². The molecule has 2 amide bonds. The highest BCUT2D eigenvalue weighted by Crippen LogP contribution is 2.36. The van der Waals surface area contributed by atoms with Crippen molar-refractivity contribution in [3.8, 4) is 11.5 Å². The molecule has 190 valence electrons. The number of aryl methyl sites for hydroxylation is 1. The van der Waals surface area contributed by atoms with Crippen molar-refractivity contribution < 1.29 is 27.5 Å². The normalized spacial score (nSPS) is 13.4. The molecule has 1 unspecified atom stereocenters. The van der Waals surface area contributed by atoms with E-state index >= 15 is 0 Å². The van der Waals surface area contributed by atoms with Gasteiger partial charge in [0.1, 0.15) is 12.6 Å². The lowest BCUT2D eigenvalue weighted by atomic mass is 10.1. The molecule has 0 bridgehead atoms. The summed E-state index contributed by atoms with van der Waals surface area (Å²) >= 11 is 0. The third-order valence-electron chi connectivity index (χ3n) is 5.58. The summed E-state index contributed by atoms with van der Waals surface area (Å²) in [6.07, 6.45) is 1.41. The van der Waals surface area contributed by atoms with Crippen molar-refractivity contribution in [2.75, 3.05) is 23.9 Å². The highest BCUT2D eigenvalue weighted by molar-refractivity contribution is 7.92. The van der Waals surface area contributed by atoms with E-state index in [0.717, 1.165) is 21.7 Å². The van der Waals surface area contributed by atoms with Crippen LogP contribution in [0.4, 0.5) is 5.69 Å². The molecule has 35 heavy (non-hydrogen) atoms. The largest absolute Gasteiger partial charge is 0.454 e. The smallest absolute Gasteiger partial charge is 0.244 e. The van der Waals surface area contributed by atoms with E-state index in [1.807, 2.05) is 52.0 Å². The first-order valence-corrected chi connectivity index (χ1v) is 13.4. The van der Waals surface area contributed by atoms with Crippen LogP contribution in [0.3, 0.4) is 0 Å². The van der Waals surface area contributed by atoms with Crippen LogP contribution in [0.25, 0.3) is 0 Å². The molecule has 1 atom stereocenters. The minimum atomic E-state index is -3.83. The Morgan fingerprint density at radius 3 is 2.43 bits per heavy atom. The highest BCUT2D eigenvalue weighted by Gasteiger charge is 2.32. The summed E-state index contributed by atoms with van der Waals surface area (Å²) in [5.74, 6) is 0.145. The second-order valence-corrected chi connectivity index (χ2v) is 10.8. The number of fused-ring (bicyclic) bond motifs is 1. The summed E-state index contributed by atoms with van der Waals surface area (Å²) in [6.45, 7) is 7.23. The monoisotopic (exact) mass is 503 g/mol. The van der Waals surface area contributed by atoms with Crippen LogP contribution in [-0.4, -0.2) is 56.8 Å². The number of anilines is 1. The van der Waals surface area contributed by atoms with Crippen LogP contribution in [0.1, 0.15) is 38.3 Å². The standard InChI is InChI=1S/C25H33N3O6S/c1-6-21(25(30)26-17(2)3)27(14-19-9-7-8-18(4)12-19)24(29)15-28(35(5,31)32)20-10-11-22-23(13-20)34-16-33-22/h7-13,17,21H,6,14-16H2,1-5H3,(H,26,30). The predicted molar refractivity (Wildman–Crippen MR) is 134 cm³/mol. The summed E-state index contributed by atoms with van der Waals surface area (Å²) in [5.41, 5.74) is 2.15. The van der Waals surface area contributed by atoms with Crippen molar-refractivity contribution in [2.24, 2.45) is 0 Å². The number of carbonyl (C=O) groups is 2. The lowest BCUT2D eigenvalue weighted by Crippen LogP contribution is -2.53. The Hall–Kier alpha value is -3.27. The molecule has 0 radical (unpaired) electrons. The number of sulfonamides is 1. The van der Waals surface area contributed by atoms with Crippen LogP contribution >= 0.6 is 0 Å². The summed E-state index contributed by atoms with van der Waals surface area (Å²) in [5, 5.41) is 2.87. The Labute approximate surface area is 207 Å². The van der Waals surface area contributed by atoms with Crippen LogP contribution in [-0.2, 0) is 26.2 Å². The number of hydrogen-bond acceptors (Lipinski definition) is 6. The number of carbonyl (C=O) groups excluding carboxylic acids is 2. The van der Waals surface area contributed by atoms with Gasteiger partial charge in [0.25, 0.3) is 0 Å². The third kappa shape index (κ3) is 6.66. The highest BCUT2D eigenvalue weighted by atomic mass is 32.2. The maximum absolute atomic E-state index is 13.7. The van der Waals surface area contributed by atoms with Crippen LogP contribution in [0.2, 0.25) is 0 Å². The van der Waals surface area contributed by atoms with Crippen molar-refractivity contribution in [2.45, 2.75) is 52.7 Å². The zero-order chi connectivity index (χ0) is 25.8. The van der Waals surface area contributed by atoms with E-state index in [-0.39, 0.29) is 31.0 Å². The second kappa shape index (κ2) is 11.0.